The smallest absolute Gasteiger partial charge is 0.441 e. The summed E-state index contributed by atoms with van der Waals surface area (Å²) < 4.78 is 45.9. The van der Waals surface area contributed by atoms with E-state index in [4.69, 9.17) is 23.2 Å². The fraction of sp³-hybridized carbons (Fsp3) is 0.188. The van der Waals surface area contributed by atoms with E-state index >= 15 is 0 Å². The van der Waals surface area contributed by atoms with Crippen molar-refractivity contribution >= 4 is 40.9 Å². The highest BCUT2D eigenvalue weighted by molar-refractivity contribution is 6.31. The molecule has 1 aromatic heterocycles. The number of ether oxygens (including phenoxy) is 1. The summed E-state index contributed by atoms with van der Waals surface area (Å²) in [7, 11) is 0.755. The maximum Gasteiger partial charge on any atom is 0.441 e. The molecule has 0 bridgehead atoms. The van der Waals surface area contributed by atoms with Crippen LogP contribution in [-0.2, 0) is 9.53 Å². The van der Waals surface area contributed by atoms with Crippen LogP contribution in [0.3, 0.4) is 0 Å². The summed E-state index contributed by atoms with van der Waals surface area (Å²) >= 11 is 11.4. The number of anilines is 1. The molecule has 2 aromatic rings. The molecule has 0 saturated heterocycles. The Kier molecular flexibility index (Phi) is 6.17. The van der Waals surface area contributed by atoms with Crippen LogP contribution in [-0.4, -0.2) is 35.8 Å². The first-order chi connectivity index (χ1) is 12.6. The lowest BCUT2D eigenvalue weighted by atomic mass is 10.1. The molecule has 0 spiro atoms. The number of halogens is 5. The number of carbonyl (C=O) groups excluding carboxylic acids is 2. The summed E-state index contributed by atoms with van der Waals surface area (Å²) in [5.41, 5.74) is -3.78. The zero-order chi connectivity index (χ0) is 20.2. The maximum atomic E-state index is 13.9. The van der Waals surface area contributed by atoms with E-state index in [-0.39, 0.29) is 21.4 Å². The molecule has 1 aromatic carbocycles. The molecule has 0 unspecified atom stereocenters. The lowest BCUT2D eigenvalue weighted by Gasteiger charge is -2.34. The number of hydrogen-bond donors (Lipinski definition) is 2. The Morgan fingerprint density at radius 2 is 1.81 bits per heavy atom. The van der Waals surface area contributed by atoms with Gasteiger partial charge in [0.25, 0.3) is 5.91 Å². The first-order valence-electron chi connectivity index (χ1n) is 7.22. The van der Waals surface area contributed by atoms with Crippen LogP contribution in [0.5, 0.6) is 0 Å². The molecule has 0 saturated carbocycles. The van der Waals surface area contributed by atoms with Crippen LogP contribution in [0.1, 0.15) is 10.4 Å². The SMILES string of the molecule is COC(=O)[C@@](NC(=O)c1cccc(Cl)c1)(Nc1ccc(Cl)cn1)C(F)(F)F. The minimum atomic E-state index is -5.28. The monoisotopic (exact) mass is 421 g/mol. The van der Waals surface area contributed by atoms with Crippen molar-refractivity contribution < 1.29 is 27.5 Å². The van der Waals surface area contributed by atoms with Gasteiger partial charge in [0, 0.05) is 16.8 Å². The minimum Gasteiger partial charge on any atom is -0.466 e. The number of rotatable bonds is 5. The maximum absolute atomic E-state index is 13.9. The van der Waals surface area contributed by atoms with Gasteiger partial charge in [0.05, 0.1) is 12.1 Å². The topological polar surface area (TPSA) is 80.3 Å². The van der Waals surface area contributed by atoms with Gasteiger partial charge >= 0.3 is 17.8 Å². The van der Waals surface area contributed by atoms with Crippen molar-refractivity contribution in [2.45, 2.75) is 11.8 Å². The standard InChI is InChI=1S/C16H12Cl2F3N3O3/c1-27-14(26)15(16(19,20)21,23-12-6-5-11(18)8-22-12)24-13(25)9-3-2-4-10(17)7-9/h2-8H,1H3,(H,22,23)(H,24,25)/t15-/m0/s1. The lowest BCUT2D eigenvalue weighted by Crippen LogP contribution is -2.69. The molecule has 2 N–H and O–H groups in total. The highest BCUT2D eigenvalue weighted by atomic mass is 35.5. The van der Waals surface area contributed by atoms with Crippen molar-refractivity contribution in [3.63, 3.8) is 0 Å². The van der Waals surface area contributed by atoms with Gasteiger partial charge in [-0.2, -0.15) is 13.2 Å². The third-order valence-corrected chi connectivity index (χ3v) is 3.81. The molecule has 1 heterocycles. The molecule has 0 radical (unpaired) electrons. The minimum absolute atomic E-state index is 0.130. The molecule has 1 amide bonds. The number of nitrogens with one attached hydrogen (secondary N) is 2. The molecule has 6 nitrogen and oxygen atoms in total. The van der Waals surface area contributed by atoms with E-state index in [0.29, 0.717) is 0 Å². The van der Waals surface area contributed by atoms with Crippen molar-refractivity contribution in [2.75, 3.05) is 12.4 Å². The van der Waals surface area contributed by atoms with E-state index in [1.807, 2.05) is 5.32 Å². The normalized spacial score (nSPS) is 13.4. The third-order valence-electron chi connectivity index (χ3n) is 3.35. The number of amides is 1. The highest BCUT2D eigenvalue weighted by Gasteiger charge is 2.63. The summed E-state index contributed by atoms with van der Waals surface area (Å²) in [5, 5.41) is 3.83. The second kappa shape index (κ2) is 8.01. The van der Waals surface area contributed by atoms with E-state index in [0.717, 1.165) is 25.4 Å². The van der Waals surface area contributed by atoms with E-state index in [1.165, 1.54) is 24.3 Å². The van der Waals surface area contributed by atoms with Gasteiger partial charge in [0.2, 0.25) is 0 Å². The van der Waals surface area contributed by atoms with Crippen molar-refractivity contribution in [2.24, 2.45) is 0 Å². The van der Waals surface area contributed by atoms with Gasteiger partial charge in [-0.15, -0.1) is 0 Å². The van der Waals surface area contributed by atoms with Crippen LogP contribution in [0.15, 0.2) is 42.6 Å². The van der Waals surface area contributed by atoms with Crippen LogP contribution in [0, 0.1) is 0 Å². The Morgan fingerprint density at radius 3 is 2.33 bits per heavy atom. The Balaban J connectivity index is 2.48. The third kappa shape index (κ3) is 4.61. The summed E-state index contributed by atoms with van der Waals surface area (Å²) in [6, 6.07) is 7.56. The average Bonchev–Trinajstić information content (AvgIpc) is 2.61. The molecule has 0 fully saturated rings. The van der Waals surface area contributed by atoms with Crippen molar-refractivity contribution in [1.29, 1.82) is 0 Å². The van der Waals surface area contributed by atoms with Crippen LogP contribution < -0.4 is 10.6 Å². The Bertz CT molecular complexity index is 847. The fourth-order valence-corrected chi connectivity index (χ4v) is 2.36. The molecular formula is C16H12Cl2F3N3O3. The molecule has 0 aliphatic carbocycles. The predicted octanol–water partition coefficient (Wildman–Crippen LogP) is 3.66. The van der Waals surface area contributed by atoms with Crippen molar-refractivity contribution in [1.82, 2.24) is 10.3 Å². The number of carbonyl (C=O) groups is 2. The number of methoxy groups -OCH3 is 1. The first-order valence-corrected chi connectivity index (χ1v) is 7.97. The summed E-state index contributed by atoms with van der Waals surface area (Å²) in [5.74, 6) is -3.36. The second-order valence-electron chi connectivity index (χ2n) is 5.19. The Morgan fingerprint density at radius 1 is 1.11 bits per heavy atom. The number of nitrogens with zero attached hydrogens (tertiary/aromatic N) is 1. The zero-order valence-corrected chi connectivity index (χ0v) is 15.1. The van der Waals surface area contributed by atoms with Crippen LogP contribution in [0.25, 0.3) is 0 Å². The fourth-order valence-electron chi connectivity index (χ4n) is 2.06. The van der Waals surface area contributed by atoms with E-state index < -0.39 is 23.7 Å². The molecule has 0 aliphatic rings. The van der Waals surface area contributed by atoms with Crippen LogP contribution in [0.4, 0.5) is 19.0 Å². The average molecular weight is 422 g/mol. The number of aromatic nitrogens is 1. The number of benzene rings is 1. The van der Waals surface area contributed by atoms with Crippen LogP contribution in [0.2, 0.25) is 10.0 Å². The van der Waals surface area contributed by atoms with Crippen LogP contribution >= 0.6 is 23.2 Å². The lowest BCUT2D eigenvalue weighted by molar-refractivity contribution is -0.203. The summed E-state index contributed by atoms with van der Waals surface area (Å²) in [6.45, 7) is 0. The van der Waals surface area contributed by atoms with Crippen molar-refractivity contribution in [3.8, 4) is 0 Å². The van der Waals surface area contributed by atoms with Gasteiger partial charge in [-0.3, -0.25) is 4.79 Å². The van der Waals surface area contributed by atoms with Gasteiger partial charge in [-0.1, -0.05) is 29.3 Å². The summed E-state index contributed by atoms with van der Waals surface area (Å²) in [4.78, 5) is 28.1. The largest absolute Gasteiger partial charge is 0.466 e. The molecule has 1 atom stereocenters. The quantitative estimate of drug-likeness (QED) is 0.568. The number of hydrogen-bond acceptors (Lipinski definition) is 5. The molecule has 11 heteroatoms. The second-order valence-corrected chi connectivity index (χ2v) is 6.06. The molecular weight excluding hydrogens is 410 g/mol. The van der Waals surface area contributed by atoms with Crippen molar-refractivity contribution in [3.05, 3.63) is 58.2 Å². The zero-order valence-electron chi connectivity index (χ0n) is 13.6. The molecule has 144 valence electrons. The van der Waals surface area contributed by atoms with Gasteiger partial charge in [-0.05, 0) is 30.3 Å². The Labute approximate surface area is 161 Å². The molecule has 27 heavy (non-hydrogen) atoms. The number of pyridine rings is 1. The van der Waals surface area contributed by atoms with Gasteiger partial charge in [0.15, 0.2) is 0 Å². The summed E-state index contributed by atoms with van der Waals surface area (Å²) in [6.07, 6.45) is -4.21. The van der Waals surface area contributed by atoms with Gasteiger partial charge in [0.1, 0.15) is 5.82 Å². The Hall–Kier alpha value is -2.52. The van der Waals surface area contributed by atoms with E-state index in [2.05, 4.69) is 9.72 Å². The van der Waals surface area contributed by atoms with E-state index in [1.54, 1.807) is 5.32 Å². The van der Waals surface area contributed by atoms with E-state index in [9.17, 15) is 22.8 Å². The number of esters is 1. The van der Waals surface area contributed by atoms with Gasteiger partial charge < -0.3 is 15.4 Å². The first kappa shape index (κ1) is 20.8. The molecule has 0 aliphatic heterocycles. The number of alkyl halides is 3. The molecule has 2 rings (SSSR count). The van der Waals surface area contributed by atoms with Gasteiger partial charge in [-0.25, -0.2) is 9.78 Å². The highest BCUT2D eigenvalue weighted by Crippen LogP contribution is 2.33. The predicted molar refractivity (Wildman–Crippen MR) is 92.6 cm³/mol.